The monoisotopic (exact) mass is 419 g/mol. The van der Waals surface area contributed by atoms with Crippen LogP contribution in [0.15, 0.2) is 48.8 Å². The second kappa shape index (κ2) is 8.65. The number of nitrogens with one attached hydrogen (secondary N) is 1. The fourth-order valence-electron chi connectivity index (χ4n) is 2.63. The molecule has 3 aromatic rings. The van der Waals surface area contributed by atoms with Gasteiger partial charge in [-0.2, -0.15) is 5.10 Å². The Hall–Kier alpha value is -2.54. The normalized spacial score (nSPS) is 11.9. The highest BCUT2D eigenvalue weighted by molar-refractivity contribution is 6.35. The summed E-state index contributed by atoms with van der Waals surface area (Å²) in [6.07, 6.45) is 1.80. The van der Waals surface area contributed by atoms with Gasteiger partial charge in [0.2, 0.25) is 0 Å². The van der Waals surface area contributed by atoms with E-state index < -0.39 is 12.0 Å². The van der Waals surface area contributed by atoms with Crippen molar-refractivity contribution >= 4 is 29.1 Å². The zero-order valence-electron chi connectivity index (χ0n) is 15.3. The van der Waals surface area contributed by atoms with Crippen LogP contribution in [-0.4, -0.2) is 20.8 Å². The number of aliphatic hydroxyl groups is 1. The highest BCUT2D eigenvalue weighted by Gasteiger charge is 2.18. The fraction of sp³-hybridized carbons (Fsp3) is 0.200. The largest absolute Gasteiger partial charge is 0.456 e. The minimum Gasteiger partial charge on any atom is -0.456 e. The molecule has 6 nitrogen and oxygen atoms in total. The molecule has 1 heterocycles. The summed E-state index contributed by atoms with van der Waals surface area (Å²) < 4.78 is 7.38. The summed E-state index contributed by atoms with van der Waals surface area (Å²) >= 11 is 12.0. The van der Waals surface area contributed by atoms with Gasteiger partial charge in [0, 0.05) is 30.4 Å². The third-order valence-corrected chi connectivity index (χ3v) is 4.64. The number of hydrogen-bond donors (Lipinski definition) is 2. The molecule has 1 unspecified atom stereocenters. The number of carbonyl (C=O) groups is 1. The number of halogens is 2. The summed E-state index contributed by atoms with van der Waals surface area (Å²) in [6, 6.07) is 10.6. The van der Waals surface area contributed by atoms with E-state index in [1.807, 2.05) is 19.1 Å². The Bertz CT molecular complexity index is 1000. The molecule has 0 radical (unpaired) electrons. The second-order valence-corrected chi connectivity index (χ2v) is 7.19. The first-order valence-electron chi connectivity index (χ1n) is 8.50. The Kier molecular flexibility index (Phi) is 6.24. The Balaban J connectivity index is 1.63. The molecule has 0 fully saturated rings. The quantitative estimate of drug-likeness (QED) is 0.628. The predicted molar refractivity (Wildman–Crippen MR) is 108 cm³/mol. The van der Waals surface area contributed by atoms with Crippen LogP contribution in [0.2, 0.25) is 10.0 Å². The van der Waals surface area contributed by atoms with Gasteiger partial charge in [-0.3, -0.25) is 9.48 Å². The lowest BCUT2D eigenvalue weighted by Crippen LogP contribution is -2.28. The summed E-state index contributed by atoms with van der Waals surface area (Å²) in [5.41, 5.74) is 2.20. The maximum atomic E-state index is 12.1. The smallest absolute Gasteiger partial charge is 0.253 e. The number of aromatic nitrogens is 2. The topological polar surface area (TPSA) is 76.4 Å². The fourth-order valence-corrected chi connectivity index (χ4v) is 3.08. The molecular formula is C20H19Cl2N3O3. The first-order valence-corrected chi connectivity index (χ1v) is 9.26. The van der Waals surface area contributed by atoms with Gasteiger partial charge >= 0.3 is 0 Å². The lowest BCUT2D eigenvalue weighted by atomic mass is 10.1. The first kappa shape index (κ1) is 20.2. The van der Waals surface area contributed by atoms with Crippen LogP contribution in [0.25, 0.3) is 0 Å². The number of rotatable bonds is 6. The van der Waals surface area contributed by atoms with Crippen molar-refractivity contribution in [3.63, 3.8) is 0 Å². The minimum absolute atomic E-state index is 0.277. The van der Waals surface area contributed by atoms with Crippen molar-refractivity contribution in [1.29, 1.82) is 0 Å². The van der Waals surface area contributed by atoms with Gasteiger partial charge in [-0.15, -0.1) is 0 Å². The Labute approximate surface area is 172 Å². The van der Waals surface area contributed by atoms with Gasteiger partial charge in [-0.05, 0) is 42.3 Å². The molecule has 0 aliphatic heterocycles. The van der Waals surface area contributed by atoms with Crippen LogP contribution < -0.4 is 10.1 Å². The zero-order chi connectivity index (χ0) is 20.3. The van der Waals surface area contributed by atoms with Gasteiger partial charge in [0.1, 0.15) is 11.5 Å². The first-order chi connectivity index (χ1) is 13.3. The molecule has 8 heteroatoms. The summed E-state index contributed by atoms with van der Waals surface area (Å²) in [7, 11) is 1.72. The predicted octanol–water partition coefficient (Wildman–Crippen LogP) is 4.18. The summed E-state index contributed by atoms with van der Waals surface area (Å²) in [4.78, 5) is 12.1. The van der Waals surface area contributed by atoms with E-state index in [2.05, 4.69) is 10.4 Å². The molecule has 1 aromatic heterocycles. The van der Waals surface area contributed by atoms with Gasteiger partial charge in [0.05, 0.1) is 11.2 Å². The Morgan fingerprint density at radius 2 is 2.00 bits per heavy atom. The molecule has 1 amide bonds. The molecule has 1 atom stereocenters. The maximum absolute atomic E-state index is 12.1. The van der Waals surface area contributed by atoms with Crippen molar-refractivity contribution in [2.75, 3.05) is 0 Å². The van der Waals surface area contributed by atoms with Gasteiger partial charge in [-0.1, -0.05) is 35.3 Å². The number of ether oxygens (including phenoxy) is 1. The van der Waals surface area contributed by atoms with Crippen LogP contribution in [0.5, 0.6) is 11.5 Å². The molecule has 0 saturated heterocycles. The van der Waals surface area contributed by atoms with Gasteiger partial charge in [-0.25, -0.2) is 0 Å². The number of hydrogen-bond acceptors (Lipinski definition) is 4. The van der Waals surface area contributed by atoms with Gasteiger partial charge in [0.15, 0.2) is 6.10 Å². The van der Waals surface area contributed by atoms with Crippen molar-refractivity contribution in [3.05, 3.63) is 75.5 Å². The minimum atomic E-state index is -1.26. The highest BCUT2D eigenvalue weighted by atomic mass is 35.5. The molecule has 0 aliphatic rings. The third kappa shape index (κ3) is 4.84. The van der Waals surface area contributed by atoms with Crippen molar-refractivity contribution in [2.45, 2.75) is 19.6 Å². The second-order valence-electron chi connectivity index (χ2n) is 6.34. The molecule has 0 saturated carbocycles. The van der Waals surface area contributed by atoms with Crippen LogP contribution >= 0.6 is 23.2 Å². The van der Waals surface area contributed by atoms with E-state index in [4.69, 9.17) is 27.9 Å². The third-order valence-electron chi connectivity index (χ3n) is 4.11. The number of benzene rings is 2. The molecule has 2 N–H and O–H groups in total. The van der Waals surface area contributed by atoms with Crippen molar-refractivity contribution < 1.29 is 14.6 Å². The van der Waals surface area contributed by atoms with Crippen molar-refractivity contribution in [2.24, 2.45) is 7.05 Å². The molecule has 3 rings (SSSR count). The van der Waals surface area contributed by atoms with Gasteiger partial charge in [0.25, 0.3) is 5.91 Å². The van der Waals surface area contributed by atoms with Crippen LogP contribution in [0.4, 0.5) is 0 Å². The molecule has 2 aromatic carbocycles. The van der Waals surface area contributed by atoms with Crippen LogP contribution in [0.3, 0.4) is 0 Å². The molecule has 0 bridgehead atoms. The van der Waals surface area contributed by atoms with E-state index >= 15 is 0 Å². The van der Waals surface area contributed by atoms with E-state index in [9.17, 15) is 9.90 Å². The average Bonchev–Trinajstić information content (AvgIpc) is 3.09. The molecule has 146 valence electrons. The lowest BCUT2D eigenvalue weighted by molar-refractivity contribution is -0.129. The molecule has 0 spiro atoms. The van der Waals surface area contributed by atoms with Gasteiger partial charge < -0.3 is 15.2 Å². The number of aliphatic hydroxyl groups excluding tert-OH is 1. The lowest BCUT2D eigenvalue weighted by Gasteiger charge is -2.13. The average molecular weight is 420 g/mol. The number of aryl methyl sites for hydroxylation is 2. The van der Waals surface area contributed by atoms with E-state index in [1.165, 1.54) is 10.9 Å². The Morgan fingerprint density at radius 3 is 2.64 bits per heavy atom. The van der Waals surface area contributed by atoms with E-state index in [0.29, 0.717) is 27.1 Å². The molecular weight excluding hydrogens is 401 g/mol. The Morgan fingerprint density at radius 1 is 1.25 bits per heavy atom. The van der Waals surface area contributed by atoms with Crippen LogP contribution in [0, 0.1) is 6.92 Å². The van der Waals surface area contributed by atoms with Crippen molar-refractivity contribution in [1.82, 2.24) is 15.1 Å². The van der Waals surface area contributed by atoms with E-state index in [1.54, 1.807) is 37.5 Å². The SMILES string of the molecule is Cc1cc(CNC(=O)C(O)c2cnn(C)c2)ccc1Oc1ccc(Cl)cc1Cl. The number of amides is 1. The molecule has 28 heavy (non-hydrogen) atoms. The summed E-state index contributed by atoms with van der Waals surface area (Å²) in [5, 5.41) is 17.7. The maximum Gasteiger partial charge on any atom is 0.253 e. The zero-order valence-corrected chi connectivity index (χ0v) is 16.8. The van der Waals surface area contributed by atoms with Crippen molar-refractivity contribution in [3.8, 4) is 11.5 Å². The van der Waals surface area contributed by atoms with Crippen LogP contribution in [0.1, 0.15) is 22.8 Å². The highest BCUT2D eigenvalue weighted by Crippen LogP contribution is 2.33. The summed E-state index contributed by atoms with van der Waals surface area (Å²) in [6.45, 7) is 2.17. The van der Waals surface area contributed by atoms with Crippen LogP contribution in [-0.2, 0) is 18.4 Å². The summed E-state index contributed by atoms with van der Waals surface area (Å²) in [5.74, 6) is 0.670. The van der Waals surface area contributed by atoms with E-state index in [0.717, 1.165) is 11.1 Å². The number of carbonyl (C=O) groups excluding carboxylic acids is 1. The standard InChI is InChI=1S/C20H19Cl2N3O3/c1-12-7-13(9-23-20(27)19(26)14-10-24-25(2)11-14)3-5-17(12)28-18-6-4-15(21)8-16(18)22/h3-8,10-11,19,26H,9H2,1-2H3,(H,23,27). The molecule has 0 aliphatic carbocycles. The number of nitrogens with zero attached hydrogens (tertiary/aromatic N) is 2. The van der Waals surface area contributed by atoms with E-state index in [-0.39, 0.29) is 6.54 Å².